The number of allylic oxidation sites excluding steroid dienone is 4. The first-order chi connectivity index (χ1) is 25.7. The van der Waals surface area contributed by atoms with Crippen LogP contribution in [-0.4, -0.2) is 16.7 Å². The molecule has 0 bridgehead atoms. The second-order valence-electron chi connectivity index (χ2n) is 14.0. The van der Waals surface area contributed by atoms with Crippen molar-refractivity contribution in [3.63, 3.8) is 0 Å². The van der Waals surface area contributed by atoms with Gasteiger partial charge in [0.05, 0.1) is 34.7 Å². The zero-order valence-electron chi connectivity index (χ0n) is 28.6. The molecule has 6 aromatic carbocycles. The zero-order valence-corrected chi connectivity index (χ0v) is 28.6. The number of aromatic nitrogens is 1. The standard InChI is InChI=1S/C49H35N3/c50-32-33-18-25-43-45-31-39(38-21-26-47-44(30-38)42-16-7-8-17-46(42)51(47)40-14-5-2-6-15-40)22-27-48(45)52(49(43)28-33)41-23-19-35(20-24-41)37-13-9-12-36(29-37)34-10-3-1-4-11-34/h1-14,16-31,40,44,47H,15H2. The molecule has 0 N–H and O–H groups in total. The van der Waals surface area contributed by atoms with Crippen LogP contribution < -0.4 is 4.90 Å². The maximum Gasteiger partial charge on any atom is 0.0992 e. The van der Waals surface area contributed by atoms with Crippen molar-refractivity contribution >= 4 is 33.1 Å². The first-order valence-electron chi connectivity index (χ1n) is 18.1. The SMILES string of the molecule is N#Cc1ccc2c3cc(C4=CC5c6ccccc6N(C6C=CC=CC6)C5C=C4)ccc3n(-c3ccc(-c4cccc(-c5ccccc5)c4)cc3)c2c1. The number of para-hydroxylation sites is 1. The van der Waals surface area contributed by atoms with Gasteiger partial charge in [0.25, 0.3) is 0 Å². The summed E-state index contributed by atoms with van der Waals surface area (Å²) in [5.41, 5.74) is 13.8. The van der Waals surface area contributed by atoms with Gasteiger partial charge < -0.3 is 9.47 Å². The van der Waals surface area contributed by atoms with Crippen molar-refractivity contribution in [2.45, 2.75) is 24.4 Å². The van der Waals surface area contributed by atoms with Gasteiger partial charge in [-0.25, -0.2) is 0 Å². The fourth-order valence-electron chi connectivity index (χ4n) is 8.60. The maximum absolute atomic E-state index is 9.88. The van der Waals surface area contributed by atoms with Crippen molar-refractivity contribution < 1.29 is 0 Å². The third-order valence-corrected chi connectivity index (χ3v) is 11.1. The highest BCUT2D eigenvalue weighted by atomic mass is 15.2. The Morgan fingerprint density at radius 1 is 0.596 bits per heavy atom. The average molecular weight is 666 g/mol. The van der Waals surface area contributed by atoms with Gasteiger partial charge in [0.2, 0.25) is 0 Å². The quantitative estimate of drug-likeness (QED) is 0.183. The topological polar surface area (TPSA) is 32.0 Å². The lowest BCUT2D eigenvalue weighted by molar-refractivity contribution is 0.615. The molecule has 2 heterocycles. The smallest absolute Gasteiger partial charge is 0.0992 e. The number of nitrogens with zero attached hydrogens (tertiary/aromatic N) is 3. The lowest BCUT2D eigenvalue weighted by Crippen LogP contribution is -2.40. The Labute approximate surface area is 304 Å². The van der Waals surface area contributed by atoms with Crippen molar-refractivity contribution in [1.29, 1.82) is 5.26 Å². The fourth-order valence-corrected chi connectivity index (χ4v) is 8.60. The minimum atomic E-state index is 0.289. The molecule has 0 radical (unpaired) electrons. The van der Waals surface area contributed by atoms with Crippen molar-refractivity contribution in [2.75, 3.05) is 4.90 Å². The van der Waals surface area contributed by atoms with E-state index in [1.165, 1.54) is 50.0 Å². The van der Waals surface area contributed by atoms with Crippen molar-refractivity contribution in [2.24, 2.45) is 0 Å². The summed E-state index contributed by atoms with van der Waals surface area (Å²) in [5, 5.41) is 12.2. The predicted molar refractivity (Wildman–Crippen MR) is 216 cm³/mol. The fraction of sp³-hybridized carbons (Fsp3) is 0.0816. The lowest BCUT2D eigenvalue weighted by atomic mass is 9.86. The minimum Gasteiger partial charge on any atom is -0.357 e. The number of fused-ring (bicyclic) bond motifs is 6. The molecule has 3 nitrogen and oxygen atoms in total. The van der Waals surface area contributed by atoms with Gasteiger partial charge in [0, 0.05) is 28.1 Å². The Bertz CT molecular complexity index is 2680. The summed E-state index contributed by atoms with van der Waals surface area (Å²) in [6.07, 6.45) is 17.2. The largest absolute Gasteiger partial charge is 0.357 e. The zero-order chi connectivity index (χ0) is 34.6. The van der Waals surface area contributed by atoms with E-state index >= 15 is 0 Å². The number of nitriles is 1. The molecule has 10 rings (SSSR count). The molecule has 0 fully saturated rings. The molecule has 0 saturated carbocycles. The molecule has 7 aromatic rings. The number of hydrogen-bond donors (Lipinski definition) is 0. The second kappa shape index (κ2) is 12.3. The second-order valence-corrected chi connectivity index (χ2v) is 14.0. The molecule has 1 aromatic heterocycles. The van der Waals surface area contributed by atoms with Crippen LogP contribution in [0.5, 0.6) is 0 Å². The molecule has 3 aliphatic rings. The first-order valence-corrected chi connectivity index (χ1v) is 18.1. The average Bonchev–Trinajstić information content (AvgIpc) is 3.73. The molecule has 2 aliphatic carbocycles. The molecular weight excluding hydrogens is 631 g/mol. The summed E-state index contributed by atoms with van der Waals surface area (Å²) in [6, 6.07) is 52.9. The van der Waals surface area contributed by atoms with Gasteiger partial charge >= 0.3 is 0 Å². The van der Waals surface area contributed by atoms with Gasteiger partial charge in [0.15, 0.2) is 0 Å². The Hall–Kier alpha value is -6.63. The van der Waals surface area contributed by atoms with Crippen LogP contribution in [0, 0.1) is 11.3 Å². The Morgan fingerprint density at radius 3 is 2.17 bits per heavy atom. The van der Waals surface area contributed by atoms with Gasteiger partial charge in [-0.2, -0.15) is 5.26 Å². The van der Waals surface area contributed by atoms with Gasteiger partial charge in [-0.3, -0.25) is 0 Å². The van der Waals surface area contributed by atoms with Gasteiger partial charge in [0.1, 0.15) is 0 Å². The normalized spacial score (nSPS) is 18.7. The van der Waals surface area contributed by atoms with E-state index in [2.05, 4.69) is 185 Å². The van der Waals surface area contributed by atoms with E-state index in [-0.39, 0.29) is 5.92 Å². The van der Waals surface area contributed by atoms with Gasteiger partial charge in [-0.05, 0) is 93.9 Å². The molecule has 3 atom stereocenters. The summed E-state index contributed by atoms with van der Waals surface area (Å²) in [5.74, 6) is 0.289. The van der Waals surface area contributed by atoms with E-state index < -0.39 is 0 Å². The number of benzene rings is 6. The highest BCUT2D eigenvalue weighted by molar-refractivity contribution is 6.10. The van der Waals surface area contributed by atoms with E-state index in [4.69, 9.17) is 0 Å². The molecule has 246 valence electrons. The van der Waals surface area contributed by atoms with E-state index in [1.54, 1.807) is 0 Å². The van der Waals surface area contributed by atoms with E-state index in [9.17, 15) is 5.26 Å². The Balaban J connectivity index is 1.04. The molecule has 1 aliphatic heterocycles. The number of anilines is 1. The third kappa shape index (κ3) is 4.95. The Kier molecular flexibility index (Phi) is 7.15. The van der Waals surface area contributed by atoms with Gasteiger partial charge in [-0.15, -0.1) is 0 Å². The number of hydrogen-bond acceptors (Lipinski definition) is 2. The van der Waals surface area contributed by atoms with E-state index in [0.717, 1.165) is 28.5 Å². The van der Waals surface area contributed by atoms with Crippen LogP contribution >= 0.6 is 0 Å². The molecule has 3 heteroatoms. The molecule has 3 unspecified atom stereocenters. The summed E-state index contributed by atoms with van der Waals surface area (Å²) in [4.78, 5) is 2.61. The van der Waals surface area contributed by atoms with E-state index in [1.807, 2.05) is 12.1 Å². The van der Waals surface area contributed by atoms with Crippen LogP contribution in [0.1, 0.15) is 29.0 Å². The molecule has 0 spiro atoms. The highest BCUT2D eigenvalue weighted by Gasteiger charge is 2.39. The number of rotatable bonds is 5. The van der Waals surface area contributed by atoms with Gasteiger partial charge in [-0.1, -0.05) is 134 Å². The van der Waals surface area contributed by atoms with E-state index in [0.29, 0.717) is 17.6 Å². The molecule has 52 heavy (non-hydrogen) atoms. The monoisotopic (exact) mass is 665 g/mol. The van der Waals surface area contributed by atoms with Crippen LogP contribution in [0.2, 0.25) is 0 Å². The molecular formula is C49H35N3. The minimum absolute atomic E-state index is 0.289. The lowest BCUT2D eigenvalue weighted by Gasteiger charge is -2.35. The van der Waals surface area contributed by atoms with Crippen LogP contribution in [0.4, 0.5) is 5.69 Å². The van der Waals surface area contributed by atoms with Crippen molar-refractivity contribution in [3.8, 4) is 34.0 Å². The Morgan fingerprint density at radius 2 is 1.37 bits per heavy atom. The summed E-state index contributed by atoms with van der Waals surface area (Å²) < 4.78 is 2.30. The van der Waals surface area contributed by atoms with Crippen LogP contribution in [0.25, 0.3) is 55.3 Å². The van der Waals surface area contributed by atoms with Crippen LogP contribution in [0.3, 0.4) is 0 Å². The van der Waals surface area contributed by atoms with Crippen molar-refractivity contribution in [3.05, 3.63) is 199 Å². The highest BCUT2D eigenvalue weighted by Crippen LogP contribution is 2.48. The maximum atomic E-state index is 9.88. The molecule has 0 amide bonds. The summed E-state index contributed by atoms with van der Waals surface area (Å²) in [7, 11) is 0. The predicted octanol–water partition coefficient (Wildman–Crippen LogP) is 11.8. The van der Waals surface area contributed by atoms with Crippen LogP contribution in [-0.2, 0) is 0 Å². The van der Waals surface area contributed by atoms with Crippen LogP contribution in [0.15, 0.2) is 182 Å². The first kappa shape index (κ1) is 30.2. The van der Waals surface area contributed by atoms with Crippen molar-refractivity contribution in [1.82, 2.24) is 4.57 Å². The summed E-state index contributed by atoms with van der Waals surface area (Å²) >= 11 is 0. The third-order valence-electron chi connectivity index (χ3n) is 11.1. The molecule has 0 saturated heterocycles. The summed E-state index contributed by atoms with van der Waals surface area (Å²) in [6.45, 7) is 0.